The molecule has 0 aliphatic carbocycles. The maximum Gasteiger partial charge on any atom is 0.132 e. The minimum absolute atomic E-state index is 0.375. The van der Waals surface area contributed by atoms with Crippen LogP contribution in [0.4, 0.5) is 5.82 Å². The monoisotopic (exact) mass is 275 g/mol. The van der Waals surface area contributed by atoms with Gasteiger partial charge in [-0.1, -0.05) is 11.6 Å². The Bertz CT molecular complexity index is 629. The lowest BCUT2D eigenvalue weighted by molar-refractivity contribution is 0.732. The summed E-state index contributed by atoms with van der Waals surface area (Å²) < 4.78 is 0. The van der Waals surface area contributed by atoms with Crippen molar-refractivity contribution in [3.05, 3.63) is 44.7 Å². The topological polar surface area (TPSA) is 39.9 Å². The third-order valence-electron chi connectivity index (χ3n) is 3.04. The maximum absolute atomic E-state index is 8.96. The second-order valence-corrected chi connectivity index (χ2v) is 5.58. The van der Waals surface area contributed by atoms with Crippen molar-refractivity contribution in [2.24, 2.45) is 0 Å². The first kappa shape index (κ1) is 11.5. The number of rotatable bonds is 1. The lowest BCUT2D eigenvalue weighted by atomic mass is 10.1. The summed E-state index contributed by atoms with van der Waals surface area (Å²) >= 11 is 7.75. The Labute approximate surface area is 114 Å². The molecule has 3 rings (SSSR count). The third-order valence-corrected chi connectivity index (χ3v) is 4.26. The molecule has 0 atom stereocenters. The number of pyridine rings is 1. The molecule has 0 amide bonds. The van der Waals surface area contributed by atoms with E-state index >= 15 is 0 Å². The first-order valence-corrected chi connectivity index (χ1v) is 6.90. The Hall–Kier alpha value is -1.57. The molecule has 90 valence electrons. The van der Waals surface area contributed by atoms with Crippen LogP contribution in [0.1, 0.15) is 16.0 Å². The predicted octanol–water partition coefficient (Wildman–Crippen LogP) is 3.23. The van der Waals surface area contributed by atoms with E-state index < -0.39 is 0 Å². The Balaban J connectivity index is 1.93. The third kappa shape index (κ3) is 2.07. The molecule has 0 unspecified atom stereocenters. The van der Waals surface area contributed by atoms with Crippen LogP contribution in [0, 0.1) is 11.3 Å². The normalized spacial score (nSPS) is 14.1. The summed E-state index contributed by atoms with van der Waals surface area (Å²) in [5, 5.41) is 11.5. The Kier molecular flexibility index (Phi) is 2.94. The zero-order valence-corrected chi connectivity index (χ0v) is 11.1. The molecular formula is C13H10ClN3S. The Morgan fingerprint density at radius 2 is 2.33 bits per heavy atom. The molecular weight excluding hydrogens is 266 g/mol. The van der Waals surface area contributed by atoms with Crippen LogP contribution < -0.4 is 4.90 Å². The fraction of sp³-hybridized carbons (Fsp3) is 0.231. The zero-order chi connectivity index (χ0) is 12.5. The first-order valence-electron chi connectivity index (χ1n) is 5.64. The maximum atomic E-state index is 8.96. The molecule has 0 spiro atoms. The number of thiophene rings is 1. The van der Waals surface area contributed by atoms with Crippen LogP contribution in [0.2, 0.25) is 5.15 Å². The zero-order valence-electron chi connectivity index (χ0n) is 9.56. The highest BCUT2D eigenvalue weighted by Crippen LogP contribution is 2.28. The van der Waals surface area contributed by atoms with E-state index in [0.717, 1.165) is 25.3 Å². The molecule has 18 heavy (non-hydrogen) atoms. The average molecular weight is 276 g/mol. The number of nitrogens with zero attached hydrogens (tertiary/aromatic N) is 3. The molecule has 1 aliphatic heterocycles. The Morgan fingerprint density at radius 1 is 1.44 bits per heavy atom. The number of hydrogen-bond acceptors (Lipinski definition) is 4. The van der Waals surface area contributed by atoms with E-state index in [1.807, 2.05) is 11.3 Å². The summed E-state index contributed by atoms with van der Waals surface area (Å²) in [6.07, 6.45) is 1.03. The van der Waals surface area contributed by atoms with E-state index in [9.17, 15) is 0 Å². The molecule has 0 radical (unpaired) electrons. The van der Waals surface area contributed by atoms with Gasteiger partial charge in [0.25, 0.3) is 0 Å². The van der Waals surface area contributed by atoms with E-state index in [4.69, 9.17) is 16.9 Å². The van der Waals surface area contributed by atoms with E-state index in [-0.39, 0.29) is 0 Å². The van der Waals surface area contributed by atoms with Gasteiger partial charge in [-0.2, -0.15) is 5.26 Å². The highest BCUT2D eigenvalue weighted by atomic mass is 35.5. The molecule has 0 saturated carbocycles. The molecule has 3 heterocycles. The smallest absolute Gasteiger partial charge is 0.132 e. The van der Waals surface area contributed by atoms with Crippen LogP contribution in [-0.2, 0) is 13.0 Å². The summed E-state index contributed by atoms with van der Waals surface area (Å²) in [6.45, 7) is 1.77. The van der Waals surface area contributed by atoms with Gasteiger partial charge in [0, 0.05) is 18.0 Å². The van der Waals surface area contributed by atoms with Crippen molar-refractivity contribution in [3.63, 3.8) is 0 Å². The van der Waals surface area contributed by atoms with Crippen LogP contribution in [0.15, 0.2) is 23.6 Å². The van der Waals surface area contributed by atoms with Crippen molar-refractivity contribution >= 4 is 28.8 Å². The lowest BCUT2D eigenvalue weighted by Gasteiger charge is -2.28. The van der Waals surface area contributed by atoms with Crippen LogP contribution in [0.25, 0.3) is 0 Å². The van der Waals surface area contributed by atoms with Gasteiger partial charge in [-0.3, -0.25) is 0 Å². The average Bonchev–Trinajstić information content (AvgIpc) is 2.85. The molecule has 2 aromatic heterocycles. The highest BCUT2D eigenvalue weighted by molar-refractivity contribution is 7.10. The van der Waals surface area contributed by atoms with Gasteiger partial charge in [0.1, 0.15) is 11.0 Å². The van der Waals surface area contributed by atoms with E-state index in [1.54, 1.807) is 12.1 Å². The van der Waals surface area contributed by atoms with Crippen molar-refractivity contribution in [2.75, 3.05) is 11.4 Å². The van der Waals surface area contributed by atoms with Crippen molar-refractivity contribution in [1.29, 1.82) is 5.26 Å². The summed E-state index contributed by atoms with van der Waals surface area (Å²) in [6, 6.07) is 7.65. The predicted molar refractivity (Wildman–Crippen MR) is 73.0 cm³/mol. The standard InChI is InChI=1S/C13H10ClN3S/c14-12-5-9(7-15)6-13(16-12)17-3-1-11-10(8-17)2-4-18-11/h2,4-6H,1,3,8H2. The number of anilines is 1. The first-order chi connectivity index (χ1) is 8.76. The molecule has 2 aromatic rings. The highest BCUT2D eigenvalue weighted by Gasteiger charge is 2.19. The van der Waals surface area contributed by atoms with Gasteiger partial charge in [0.05, 0.1) is 11.6 Å². The summed E-state index contributed by atoms with van der Waals surface area (Å²) in [4.78, 5) is 7.93. The molecule has 3 nitrogen and oxygen atoms in total. The SMILES string of the molecule is N#Cc1cc(Cl)nc(N2CCc3sccc3C2)c1. The summed E-state index contributed by atoms with van der Waals surface area (Å²) in [5.74, 6) is 0.788. The summed E-state index contributed by atoms with van der Waals surface area (Å²) in [7, 11) is 0. The van der Waals surface area contributed by atoms with Gasteiger partial charge < -0.3 is 4.90 Å². The van der Waals surface area contributed by atoms with E-state index in [1.165, 1.54) is 10.4 Å². The molecule has 0 aromatic carbocycles. The van der Waals surface area contributed by atoms with Gasteiger partial charge >= 0.3 is 0 Å². The second kappa shape index (κ2) is 4.60. The van der Waals surface area contributed by atoms with Crippen molar-refractivity contribution < 1.29 is 0 Å². The van der Waals surface area contributed by atoms with Gasteiger partial charge in [0.2, 0.25) is 0 Å². The van der Waals surface area contributed by atoms with Gasteiger partial charge in [-0.05, 0) is 35.6 Å². The minimum Gasteiger partial charge on any atom is -0.352 e. The number of nitriles is 1. The lowest BCUT2D eigenvalue weighted by Crippen LogP contribution is -2.30. The fourth-order valence-corrected chi connectivity index (χ4v) is 3.25. The largest absolute Gasteiger partial charge is 0.352 e. The molecule has 0 fully saturated rings. The number of halogens is 1. The van der Waals surface area contributed by atoms with Crippen LogP contribution in [0.5, 0.6) is 0 Å². The number of fused-ring (bicyclic) bond motifs is 1. The number of hydrogen-bond donors (Lipinski definition) is 0. The Morgan fingerprint density at radius 3 is 3.17 bits per heavy atom. The van der Waals surface area contributed by atoms with Gasteiger partial charge in [-0.25, -0.2) is 4.98 Å². The van der Waals surface area contributed by atoms with E-state index in [0.29, 0.717) is 10.7 Å². The van der Waals surface area contributed by atoms with Gasteiger partial charge in [-0.15, -0.1) is 11.3 Å². The van der Waals surface area contributed by atoms with Crippen LogP contribution in [-0.4, -0.2) is 11.5 Å². The van der Waals surface area contributed by atoms with Gasteiger partial charge in [0.15, 0.2) is 0 Å². The second-order valence-electron chi connectivity index (χ2n) is 4.19. The van der Waals surface area contributed by atoms with Crippen molar-refractivity contribution in [1.82, 2.24) is 4.98 Å². The van der Waals surface area contributed by atoms with Crippen molar-refractivity contribution in [2.45, 2.75) is 13.0 Å². The van der Waals surface area contributed by atoms with E-state index in [2.05, 4.69) is 27.4 Å². The van der Waals surface area contributed by atoms with Crippen LogP contribution >= 0.6 is 22.9 Å². The minimum atomic E-state index is 0.375. The molecule has 0 saturated heterocycles. The molecule has 1 aliphatic rings. The quantitative estimate of drug-likeness (QED) is 0.750. The van der Waals surface area contributed by atoms with Crippen LogP contribution in [0.3, 0.4) is 0 Å². The molecule has 0 N–H and O–H groups in total. The fourth-order valence-electron chi connectivity index (χ4n) is 2.15. The molecule has 0 bridgehead atoms. The number of aromatic nitrogens is 1. The van der Waals surface area contributed by atoms with Crippen molar-refractivity contribution in [3.8, 4) is 6.07 Å². The summed E-state index contributed by atoms with van der Waals surface area (Å²) in [5.41, 5.74) is 1.91. The molecule has 5 heteroatoms.